The fraction of sp³-hybridized carbons (Fsp3) is 0.481. The molecule has 1 aliphatic rings. The highest BCUT2D eigenvalue weighted by Crippen LogP contribution is 2.35. The molecule has 2 atom stereocenters. The molecule has 7 nitrogen and oxygen atoms in total. The van der Waals surface area contributed by atoms with Crippen LogP contribution in [0.4, 0.5) is 18.0 Å². The first-order valence-corrected chi connectivity index (χ1v) is 12.2. The van der Waals surface area contributed by atoms with E-state index in [1.54, 1.807) is 48.4 Å². The SMILES string of the molecule is COc1cccc2c1n(Cc1ccccc1C(F)(F)F)c(=O)n2C1CCN(C(=O)OC(C)(C)C)C(C)C1. The van der Waals surface area contributed by atoms with Crippen LogP contribution in [0.25, 0.3) is 11.0 Å². The third-order valence-corrected chi connectivity index (χ3v) is 6.66. The minimum absolute atomic E-state index is 0.00447. The van der Waals surface area contributed by atoms with Crippen molar-refractivity contribution in [3.63, 3.8) is 0 Å². The van der Waals surface area contributed by atoms with E-state index >= 15 is 0 Å². The molecule has 0 N–H and O–H groups in total. The van der Waals surface area contributed by atoms with Gasteiger partial charge >= 0.3 is 18.0 Å². The predicted molar refractivity (Wildman–Crippen MR) is 134 cm³/mol. The third-order valence-electron chi connectivity index (χ3n) is 6.66. The van der Waals surface area contributed by atoms with Crippen LogP contribution >= 0.6 is 0 Å². The van der Waals surface area contributed by atoms with Gasteiger partial charge in [0.1, 0.15) is 16.9 Å². The van der Waals surface area contributed by atoms with Gasteiger partial charge in [-0.05, 0) is 64.3 Å². The second kappa shape index (κ2) is 9.79. The molecule has 4 rings (SSSR count). The van der Waals surface area contributed by atoms with Gasteiger partial charge in [0.15, 0.2) is 0 Å². The lowest BCUT2D eigenvalue weighted by Crippen LogP contribution is -2.48. The predicted octanol–water partition coefficient (Wildman–Crippen LogP) is 5.84. The van der Waals surface area contributed by atoms with Crippen molar-refractivity contribution in [1.82, 2.24) is 14.0 Å². The molecule has 1 aliphatic heterocycles. The summed E-state index contributed by atoms with van der Waals surface area (Å²) >= 11 is 0. The fourth-order valence-electron chi connectivity index (χ4n) is 5.05. The van der Waals surface area contributed by atoms with Gasteiger partial charge in [0, 0.05) is 18.6 Å². The molecule has 2 unspecified atom stereocenters. The van der Waals surface area contributed by atoms with E-state index in [1.807, 2.05) is 6.92 Å². The number of halogens is 3. The first-order chi connectivity index (χ1) is 17.3. The number of fused-ring (bicyclic) bond motifs is 1. The van der Waals surface area contributed by atoms with Crippen molar-refractivity contribution in [2.45, 2.75) is 70.9 Å². The van der Waals surface area contributed by atoms with Crippen LogP contribution in [0.15, 0.2) is 47.3 Å². The van der Waals surface area contributed by atoms with Crippen molar-refractivity contribution in [2.24, 2.45) is 0 Å². The number of nitrogens with zero attached hydrogens (tertiary/aromatic N) is 3. The first kappa shape index (κ1) is 26.6. The van der Waals surface area contributed by atoms with Crippen molar-refractivity contribution in [2.75, 3.05) is 13.7 Å². The molecule has 1 saturated heterocycles. The van der Waals surface area contributed by atoms with Crippen LogP contribution in [0.1, 0.15) is 57.7 Å². The highest BCUT2D eigenvalue weighted by Gasteiger charge is 2.36. The number of alkyl halides is 3. The van der Waals surface area contributed by atoms with E-state index in [2.05, 4.69) is 0 Å². The van der Waals surface area contributed by atoms with Crippen LogP contribution in [0.2, 0.25) is 0 Å². The minimum atomic E-state index is -4.55. The zero-order valence-electron chi connectivity index (χ0n) is 21.6. The first-order valence-electron chi connectivity index (χ1n) is 12.2. The number of likely N-dealkylation sites (tertiary alicyclic amines) is 1. The van der Waals surface area contributed by atoms with Gasteiger partial charge in [0.05, 0.1) is 24.7 Å². The molecule has 0 aliphatic carbocycles. The number of carbonyl (C=O) groups is 1. The van der Waals surface area contributed by atoms with Gasteiger partial charge in [-0.2, -0.15) is 13.2 Å². The lowest BCUT2D eigenvalue weighted by molar-refractivity contribution is -0.138. The van der Waals surface area contributed by atoms with Gasteiger partial charge in [0.2, 0.25) is 0 Å². The molecule has 1 amide bonds. The number of rotatable bonds is 4. The van der Waals surface area contributed by atoms with E-state index in [0.29, 0.717) is 36.2 Å². The zero-order chi connectivity index (χ0) is 27.1. The highest BCUT2D eigenvalue weighted by atomic mass is 19.4. The summed E-state index contributed by atoms with van der Waals surface area (Å²) in [4.78, 5) is 28.1. The summed E-state index contributed by atoms with van der Waals surface area (Å²) in [6.45, 7) is 7.45. The number of amides is 1. The van der Waals surface area contributed by atoms with Gasteiger partial charge < -0.3 is 14.4 Å². The highest BCUT2D eigenvalue weighted by molar-refractivity contribution is 5.83. The van der Waals surface area contributed by atoms with E-state index in [1.165, 1.54) is 29.9 Å². The van der Waals surface area contributed by atoms with Crippen LogP contribution in [0, 0.1) is 0 Å². The lowest BCUT2D eigenvalue weighted by Gasteiger charge is -2.38. The Labute approximate surface area is 213 Å². The number of aromatic nitrogens is 2. The summed E-state index contributed by atoms with van der Waals surface area (Å²) in [6, 6.07) is 10.0. The van der Waals surface area contributed by atoms with Crippen LogP contribution in [-0.4, -0.2) is 45.4 Å². The number of ether oxygens (including phenoxy) is 2. The van der Waals surface area contributed by atoms with E-state index in [-0.39, 0.29) is 24.2 Å². The Morgan fingerprint density at radius 2 is 1.78 bits per heavy atom. The summed E-state index contributed by atoms with van der Waals surface area (Å²) in [7, 11) is 1.46. The molecule has 1 aromatic heterocycles. The van der Waals surface area contributed by atoms with Gasteiger partial charge in [0.25, 0.3) is 0 Å². The van der Waals surface area contributed by atoms with Crippen LogP contribution in [0.3, 0.4) is 0 Å². The number of hydrogen-bond acceptors (Lipinski definition) is 4. The van der Waals surface area contributed by atoms with Gasteiger partial charge in [-0.1, -0.05) is 24.3 Å². The van der Waals surface area contributed by atoms with E-state index in [9.17, 15) is 22.8 Å². The van der Waals surface area contributed by atoms with Crippen LogP contribution in [-0.2, 0) is 17.5 Å². The van der Waals surface area contributed by atoms with Crippen molar-refractivity contribution in [3.8, 4) is 5.75 Å². The number of hydrogen-bond donors (Lipinski definition) is 0. The molecular formula is C27H32F3N3O4. The summed E-state index contributed by atoms with van der Waals surface area (Å²) in [6.07, 6.45) is -3.96. The second-order valence-electron chi connectivity index (χ2n) is 10.4. The van der Waals surface area contributed by atoms with Crippen LogP contribution in [0.5, 0.6) is 5.75 Å². The minimum Gasteiger partial charge on any atom is -0.494 e. The van der Waals surface area contributed by atoms with E-state index in [4.69, 9.17) is 9.47 Å². The third kappa shape index (κ3) is 5.33. The van der Waals surface area contributed by atoms with Crippen molar-refractivity contribution >= 4 is 17.1 Å². The Morgan fingerprint density at radius 3 is 2.41 bits per heavy atom. The Hall–Kier alpha value is -3.43. The molecule has 0 saturated carbocycles. The summed E-state index contributed by atoms with van der Waals surface area (Å²) in [5.74, 6) is 0.400. The molecule has 0 spiro atoms. The number of para-hydroxylation sites is 1. The molecule has 2 heterocycles. The number of methoxy groups -OCH3 is 1. The lowest BCUT2D eigenvalue weighted by atomic mass is 9.98. The average molecular weight is 520 g/mol. The Morgan fingerprint density at radius 1 is 1.08 bits per heavy atom. The molecule has 200 valence electrons. The number of piperidine rings is 1. The van der Waals surface area contributed by atoms with Gasteiger partial charge in [-0.15, -0.1) is 0 Å². The van der Waals surface area contributed by atoms with Crippen molar-refractivity contribution in [3.05, 3.63) is 64.1 Å². The zero-order valence-corrected chi connectivity index (χ0v) is 21.6. The summed E-state index contributed by atoms with van der Waals surface area (Å²) < 4.78 is 55.1. The van der Waals surface area contributed by atoms with Gasteiger partial charge in [-0.25, -0.2) is 9.59 Å². The van der Waals surface area contributed by atoms with E-state index in [0.717, 1.165) is 6.07 Å². The fourth-order valence-corrected chi connectivity index (χ4v) is 5.05. The topological polar surface area (TPSA) is 65.7 Å². The quantitative estimate of drug-likeness (QED) is 0.435. The van der Waals surface area contributed by atoms with Gasteiger partial charge in [-0.3, -0.25) is 9.13 Å². The maximum Gasteiger partial charge on any atom is 0.416 e. The smallest absolute Gasteiger partial charge is 0.416 e. The number of benzene rings is 2. The number of carbonyl (C=O) groups excluding carboxylic acids is 1. The largest absolute Gasteiger partial charge is 0.494 e. The Bertz CT molecular complexity index is 1350. The maximum atomic E-state index is 13.8. The van der Waals surface area contributed by atoms with Crippen molar-refractivity contribution < 1.29 is 27.4 Å². The Balaban J connectivity index is 1.75. The molecule has 0 bridgehead atoms. The summed E-state index contributed by atoms with van der Waals surface area (Å²) in [5, 5.41) is 0. The summed E-state index contributed by atoms with van der Waals surface area (Å²) in [5.41, 5.74) is -0.807. The van der Waals surface area contributed by atoms with Crippen molar-refractivity contribution in [1.29, 1.82) is 0 Å². The molecule has 3 aromatic rings. The number of imidazole rings is 1. The molecule has 10 heteroatoms. The monoisotopic (exact) mass is 519 g/mol. The molecule has 37 heavy (non-hydrogen) atoms. The molecular weight excluding hydrogens is 487 g/mol. The normalized spacial score (nSPS) is 18.8. The maximum absolute atomic E-state index is 13.8. The molecule has 0 radical (unpaired) electrons. The van der Waals surface area contributed by atoms with E-state index < -0.39 is 29.1 Å². The molecule has 2 aromatic carbocycles. The second-order valence-corrected chi connectivity index (χ2v) is 10.4. The molecule has 1 fully saturated rings. The Kier molecular flexibility index (Phi) is 7.05. The standard InChI is InChI=1S/C27H32F3N3O4/c1-17-15-19(13-14-31(17)25(35)37-26(2,3)4)33-21-11-8-12-22(36-5)23(21)32(24(33)34)16-18-9-6-7-10-20(18)27(28,29)30/h6-12,17,19H,13-16H2,1-5H3. The van der Waals surface area contributed by atoms with Crippen LogP contribution < -0.4 is 10.4 Å². The average Bonchev–Trinajstić information content (AvgIpc) is 3.08.